The number of esters is 1. The van der Waals surface area contributed by atoms with Gasteiger partial charge in [-0.2, -0.15) is 0 Å². The number of fused-ring (bicyclic) bond motifs is 1. The molecule has 0 amide bonds. The number of rotatable bonds is 7. The molecular weight excluding hydrogens is 612 g/mol. The Morgan fingerprint density at radius 2 is 1.95 bits per heavy atom. The fourth-order valence-electron chi connectivity index (χ4n) is 4.58. The molecule has 0 saturated carbocycles. The van der Waals surface area contributed by atoms with E-state index in [-0.39, 0.29) is 17.9 Å². The number of hydrogen-bond donors (Lipinski definition) is 0. The van der Waals surface area contributed by atoms with Crippen LogP contribution in [0.3, 0.4) is 0 Å². The lowest BCUT2D eigenvalue weighted by Crippen LogP contribution is -2.39. The number of aromatic nitrogens is 1. The molecule has 41 heavy (non-hydrogen) atoms. The molecule has 1 aliphatic rings. The smallest absolute Gasteiger partial charge is 0.338 e. The summed E-state index contributed by atoms with van der Waals surface area (Å²) in [7, 11) is 3.87. The lowest BCUT2D eigenvalue weighted by Gasteiger charge is -2.25. The van der Waals surface area contributed by atoms with E-state index in [1.165, 1.54) is 28.0 Å². The van der Waals surface area contributed by atoms with E-state index in [1.807, 2.05) is 43.3 Å². The van der Waals surface area contributed by atoms with Crippen molar-refractivity contribution in [1.82, 2.24) is 4.57 Å². The largest absolute Gasteiger partial charge is 0.463 e. The molecule has 3 heterocycles. The number of halogens is 1. The first-order valence-corrected chi connectivity index (χ1v) is 14.2. The maximum absolute atomic E-state index is 13.8. The zero-order valence-corrected chi connectivity index (χ0v) is 25.0. The summed E-state index contributed by atoms with van der Waals surface area (Å²) in [6.07, 6.45) is 1.63. The van der Waals surface area contributed by atoms with Crippen LogP contribution in [0.15, 0.2) is 84.5 Å². The van der Waals surface area contributed by atoms with Crippen LogP contribution in [0, 0.1) is 10.1 Å². The highest BCUT2D eigenvalue weighted by molar-refractivity contribution is 9.10. The molecule has 0 bridgehead atoms. The lowest BCUT2D eigenvalue weighted by molar-refractivity contribution is -0.384. The highest BCUT2D eigenvalue weighted by Crippen LogP contribution is 2.33. The fraction of sp³-hybridized carbons (Fsp3) is 0.207. The van der Waals surface area contributed by atoms with Gasteiger partial charge in [0.2, 0.25) is 0 Å². The third-order valence-corrected chi connectivity index (χ3v) is 8.21. The van der Waals surface area contributed by atoms with Crippen molar-refractivity contribution < 1.29 is 18.9 Å². The SMILES string of the molecule is CCOC(=O)C1=C(C)N=c2s/c(=C/c3ccc(-c4ccc([N+](=O)[O-])cc4Br)o3)c(=O)n2C1c1ccc(N(C)C)cc1. The van der Waals surface area contributed by atoms with Gasteiger partial charge in [-0.15, -0.1) is 0 Å². The van der Waals surface area contributed by atoms with Crippen molar-refractivity contribution in [2.24, 2.45) is 4.99 Å². The first-order chi connectivity index (χ1) is 19.6. The Morgan fingerprint density at radius 1 is 1.22 bits per heavy atom. The molecule has 10 nitrogen and oxygen atoms in total. The number of anilines is 1. The number of non-ortho nitro benzene ring substituents is 1. The van der Waals surface area contributed by atoms with E-state index in [1.54, 1.807) is 38.1 Å². The monoisotopic (exact) mass is 636 g/mol. The van der Waals surface area contributed by atoms with Crippen molar-refractivity contribution in [3.63, 3.8) is 0 Å². The standard InChI is InChI=1S/C29H25BrN4O6S/c1-5-39-28(36)25-16(2)31-29-33(26(25)17-6-8-18(9-7-17)32(3)4)27(35)24(41-29)15-20-11-13-23(40-20)21-12-10-19(34(37)38)14-22(21)30/h6-15,26H,5H2,1-4H3/b24-15+. The highest BCUT2D eigenvalue weighted by atomic mass is 79.9. The maximum atomic E-state index is 13.8. The van der Waals surface area contributed by atoms with Gasteiger partial charge in [-0.25, -0.2) is 9.79 Å². The lowest BCUT2D eigenvalue weighted by atomic mass is 9.95. The Kier molecular flexibility index (Phi) is 7.78. The molecule has 1 unspecified atom stereocenters. The number of carbonyl (C=O) groups excluding carboxylic acids is 1. The molecule has 0 fully saturated rings. The van der Waals surface area contributed by atoms with E-state index in [0.29, 0.717) is 42.2 Å². The number of furan rings is 1. The van der Waals surface area contributed by atoms with Crippen LogP contribution < -0.4 is 19.8 Å². The van der Waals surface area contributed by atoms with E-state index in [2.05, 4.69) is 20.9 Å². The summed E-state index contributed by atoms with van der Waals surface area (Å²) in [4.78, 5) is 44.5. The molecule has 0 radical (unpaired) electrons. The summed E-state index contributed by atoms with van der Waals surface area (Å²) in [5.74, 6) is 0.378. The van der Waals surface area contributed by atoms with Gasteiger partial charge in [0.25, 0.3) is 11.2 Å². The highest BCUT2D eigenvalue weighted by Gasteiger charge is 2.33. The number of allylic oxidation sites excluding steroid dienone is 1. The number of carbonyl (C=O) groups is 1. The maximum Gasteiger partial charge on any atom is 0.338 e. The second-order valence-electron chi connectivity index (χ2n) is 9.41. The quantitative estimate of drug-likeness (QED) is 0.162. The molecule has 0 saturated heterocycles. The zero-order chi connectivity index (χ0) is 29.4. The Labute approximate surface area is 246 Å². The predicted octanol–water partition coefficient (Wildman–Crippen LogP) is 4.80. The predicted molar refractivity (Wildman–Crippen MR) is 160 cm³/mol. The van der Waals surface area contributed by atoms with Gasteiger partial charge in [0.15, 0.2) is 4.80 Å². The van der Waals surface area contributed by atoms with Crippen molar-refractivity contribution in [2.45, 2.75) is 19.9 Å². The Morgan fingerprint density at radius 3 is 2.59 bits per heavy atom. The Hall–Kier alpha value is -4.29. The molecule has 1 aliphatic heterocycles. The second-order valence-corrected chi connectivity index (χ2v) is 11.3. The average Bonchev–Trinajstić information content (AvgIpc) is 3.52. The fourth-order valence-corrected chi connectivity index (χ4v) is 6.17. The van der Waals surface area contributed by atoms with Gasteiger partial charge in [-0.3, -0.25) is 19.5 Å². The van der Waals surface area contributed by atoms with Crippen LogP contribution in [0.4, 0.5) is 11.4 Å². The normalized spacial score (nSPS) is 15.0. The summed E-state index contributed by atoms with van der Waals surface area (Å²) in [6, 6.07) is 14.8. The molecule has 12 heteroatoms. The molecule has 2 aromatic carbocycles. The van der Waals surface area contributed by atoms with Crippen molar-refractivity contribution >= 4 is 50.7 Å². The van der Waals surface area contributed by atoms with Crippen LogP contribution in [0.2, 0.25) is 0 Å². The number of nitro groups is 1. The topological polar surface area (TPSA) is 120 Å². The van der Waals surface area contributed by atoms with Crippen LogP contribution >= 0.6 is 27.3 Å². The van der Waals surface area contributed by atoms with E-state index in [4.69, 9.17) is 9.15 Å². The van der Waals surface area contributed by atoms with Gasteiger partial charge in [-0.1, -0.05) is 23.5 Å². The van der Waals surface area contributed by atoms with Gasteiger partial charge < -0.3 is 14.1 Å². The number of nitro benzene ring substituents is 1. The van der Waals surface area contributed by atoms with Crippen LogP contribution in [-0.4, -0.2) is 36.2 Å². The summed E-state index contributed by atoms with van der Waals surface area (Å²) in [6.45, 7) is 3.67. The van der Waals surface area contributed by atoms with Gasteiger partial charge in [0.05, 0.1) is 33.4 Å². The van der Waals surface area contributed by atoms with Crippen molar-refractivity contribution in [3.8, 4) is 11.3 Å². The molecule has 4 aromatic rings. The summed E-state index contributed by atoms with van der Waals surface area (Å²) in [5.41, 5.74) is 2.80. The van der Waals surface area contributed by atoms with Crippen molar-refractivity contribution in [3.05, 3.63) is 111 Å². The molecule has 1 atom stereocenters. The number of hydrogen-bond acceptors (Lipinski definition) is 9. The molecule has 0 aliphatic carbocycles. The van der Waals surface area contributed by atoms with Crippen molar-refractivity contribution in [2.75, 3.05) is 25.6 Å². The molecule has 2 aromatic heterocycles. The average molecular weight is 638 g/mol. The van der Waals surface area contributed by atoms with Crippen molar-refractivity contribution in [1.29, 1.82) is 0 Å². The zero-order valence-electron chi connectivity index (χ0n) is 22.6. The van der Waals surface area contributed by atoms with Gasteiger partial charge in [0.1, 0.15) is 11.5 Å². The Bertz CT molecular complexity index is 1880. The third kappa shape index (κ3) is 5.40. The summed E-state index contributed by atoms with van der Waals surface area (Å²) in [5, 5.41) is 11.1. The van der Waals surface area contributed by atoms with Crippen LogP contribution in [0.5, 0.6) is 0 Å². The first kappa shape index (κ1) is 28.2. The van der Waals surface area contributed by atoms with Crippen LogP contribution in [-0.2, 0) is 9.53 Å². The molecule has 210 valence electrons. The van der Waals surface area contributed by atoms with Gasteiger partial charge >= 0.3 is 5.97 Å². The van der Waals surface area contributed by atoms with Crippen LogP contribution in [0.1, 0.15) is 31.2 Å². The first-order valence-electron chi connectivity index (χ1n) is 12.6. The summed E-state index contributed by atoms with van der Waals surface area (Å²) >= 11 is 4.57. The third-order valence-electron chi connectivity index (χ3n) is 6.57. The number of thiazole rings is 1. The minimum absolute atomic E-state index is 0.0445. The number of ether oxygens (including phenoxy) is 1. The molecule has 0 N–H and O–H groups in total. The van der Waals surface area contributed by atoms with E-state index in [0.717, 1.165) is 11.3 Å². The minimum atomic E-state index is -0.716. The molecule has 5 rings (SSSR count). The van der Waals surface area contributed by atoms with E-state index < -0.39 is 16.9 Å². The van der Waals surface area contributed by atoms with Crippen LogP contribution in [0.25, 0.3) is 17.4 Å². The summed E-state index contributed by atoms with van der Waals surface area (Å²) < 4.78 is 13.8. The molecular formula is C29H25BrN4O6S. The van der Waals surface area contributed by atoms with E-state index in [9.17, 15) is 19.7 Å². The Balaban J connectivity index is 1.60. The second kappa shape index (κ2) is 11.3. The number of benzene rings is 2. The van der Waals surface area contributed by atoms with Gasteiger partial charge in [-0.05, 0) is 65.7 Å². The van der Waals surface area contributed by atoms with E-state index >= 15 is 0 Å². The molecule has 0 spiro atoms. The number of nitrogens with zero attached hydrogens (tertiary/aromatic N) is 4. The minimum Gasteiger partial charge on any atom is -0.463 e. The van der Waals surface area contributed by atoms with Gasteiger partial charge in [0, 0.05) is 48.0 Å².